The van der Waals surface area contributed by atoms with Crippen LogP contribution in [0, 0.1) is 0 Å². The second-order valence-corrected chi connectivity index (χ2v) is 7.01. The van der Waals surface area contributed by atoms with Gasteiger partial charge in [-0.1, -0.05) is 12.1 Å². The van der Waals surface area contributed by atoms with Crippen molar-refractivity contribution in [1.29, 1.82) is 0 Å². The van der Waals surface area contributed by atoms with Gasteiger partial charge >= 0.3 is 5.97 Å². The van der Waals surface area contributed by atoms with Crippen molar-refractivity contribution >= 4 is 35.7 Å². The molecular weight excluding hydrogens is 376 g/mol. The molecule has 0 aliphatic carbocycles. The van der Waals surface area contributed by atoms with Crippen LogP contribution < -0.4 is 4.90 Å². The van der Waals surface area contributed by atoms with Crippen molar-refractivity contribution in [3.8, 4) is 0 Å². The van der Waals surface area contributed by atoms with Crippen molar-refractivity contribution in [1.82, 2.24) is 14.9 Å². The number of hydrogen-bond acceptors (Lipinski definition) is 7. The first kappa shape index (κ1) is 19.9. The van der Waals surface area contributed by atoms with E-state index in [1.807, 2.05) is 35.4 Å². The van der Waals surface area contributed by atoms with Crippen LogP contribution in [-0.4, -0.2) is 65.8 Å². The number of carbonyl (C=O) groups is 2. The van der Waals surface area contributed by atoms with Crippen molar-refractivity contribution in [3.05, 3.63) is 54.4 Å². The monoisotopic (exact) mass is 398 g/mol. The van der Waals surface area contributed by atoms with Crippen LogP contribution in [0.2, 0.25) is 0 Å². The Morgan fingerprint density at radius 3 is 2.43 bits per heavy atom. The number of carbonyl (C=O) groups excluding carboxylic acids is 2. The van der Waals surface area contributed by atoms with E-state index in [1.165, 1.54) is 6.08 Å². The number of esters is 1. The molecule has 1 aliphatic rings. The topological polar surface area (TPSA) is 75.6 Å². The highest BCUT2D eigenvalue weighted by molar-refractivity contribution is 7.98. The first-order valence-electron chi connectivity index (χ1n) is 8.94. The molecule has 8 heteroatoms. The Bertz CT molecular complexity index is 819. The Labute approximate surface area is 168 Å². The van der Waals surface area contributed by atoms with E-state index in [1.54, 1.807) is 41.2 Å². The minimum atomic E-state index is -0.529. The molecule has 2 heterocycles. The van der Waals surface area contributed by atoms with E-state index in [4.69, 9.17) is 4.74 Å². The molecule has 1 amide bonds. The number of rotatable bonds is 6. The highest BCUT2D eigenvalue weighted by atomic mass is 32.2. The van der Waals surface area contributed by atoms with Crippen LogP contribution in [0.1, 0.15) is 5.56 Å². The van der Waals surface area contributed by atoms with Gasteiger partial charge in [0, 0.05) is 49.5 Å². The third-order valence-electron chi connectivity index (χ3n) is 4.33. The van der Waals surface area contributed by atoms with Gasteiger partial charge in [0.2, 0.25) is 5.95 Å². The van der Waals surface area contributed by atoms with Gasteiger partial charge in [-0.25, -0.2) is 14.8 Å². The average molecular weight is 398 g/mol. The number of thioether (sulfide) groups is 1. The van der Waals surface area contributed by atoms with Gasteiger partial charge in [-0.2, -0.15) is 0 Å². The fourth-order valence-corrected chi connectivity index (χ4v) is 3.17. The second kappa shape index (κ2) is 9.89. The molecule has 0 spiro atoms. The van der Waals surface area contributed by atoms with Crippen LogP contribution in [0.3, 0.4) is 0 Å². The third-order valence-corrected chi connectivity index (χ3v) is 5.08. The maximum Gasteiger partial charge on any atom is 0.331 e. The van der Waals surface area contributed by atoms with E-state index in [2.05, 4.69) is 9.97 Å². The lowest BCUT2D eigenvalue weighted by Crippen LogP contribution is -2.50. The number of piperazine rings is 1. The van der Waals surface area contributed by atoms with Crippen LogP contribution in [0.25, 0.3) is 6.08 Å². The Morgan fingerprint density at radius 2 is 1.79 bits per heavy atom. The fraction of sp³-hybridized carbons (Fsp3) is 0.300. The molecular formula is C20H22N4O3S. The molecule has 2 aromatic rings. The Balaban J connectivity index is 1.41. The van der Waals surface area contributed by atoms with Crippen LogP contribution in [0.5, 0.6) is 0 Å². The first-order valence-corrected chi connectivity index (χ1v) is 10.2. The number of nitrogens with zero attached hydrogens (tertiary/aromatic N) is 4. The van der Waals surface area contributed by atoms with Crippen LogP contribution >= 0.6 is 11.8 Å². The summed E-state index contributed by atoms with van der Waals surface area (Å²) in [4.78, 5) is 37.4. The van der Waals surface area contributed by atoms with E-state index in [9.17, 15) is 9.59 Å². The second-order valence-electron chi connectivity index (χ2n) is 6.13. The van der Waals surface area contributed by atoms with E-state index >= 15 is 0 Å². The molecule has 1 fully saturated rings. The molecule has 1 saturated heterocycles. The molecule has 1 aromatic heterocycles. The highest BCUT2D eigenvalue weighted by Crippen LogP contribution is 2.15. The summed E-state index contributed by atoms with van der Waals surface area (Å²) in [6.45, 7) is 2.14. The molecule has 0 radical (unpaired) electrons. The molecule has 0 atom stereocenters. The van der Waals surface area contributed by atoms with Crippen LogP contribution in [0.4, 0.5) is 5.95 Å². The maximum atomic E-state index is 12.3. The van der Waals surface area contributed by atoms with Gasteiger partial charge in [0.15, 0.2) is 6.61 Å². The third kappa shape index (κ3) is 5.56. The Hall–Kier alpha value is -2.87. The zero-order chi connectivity index (χ0) is 19.8. The molecule has 3 rings (SSSR count). The van der Waals surface area contributed by atoms with Crippen molar-refractivity contribution < 1.29 is 14.3 Å². The number of benzene rings is 1. The first-order chi connectivity index (χ1) is 13.7. The lowest BCUT2D eigenvalue weighted by Gasteiger charge is -2.34. The van der Waals surface area contributed by atoms with Crippen molar-refractivity contribution in [2.45, 2.75) is 4.90 Å². The van der Waals surface area contributed by atoms with Gasteiger partial charge in [-0.15, -0.1) is 11.8 Å². The van der Waals surface area contributed by atoms with Gasteiger partial charge in [-0.3, -0.25) is 4.79 Å². The van der Waals surface area contributed by atoms with E-state index in [0.717, 1.165) is 10.5 Å². The van der Waals surface area contributed by atoms with E-state index in [-0.39, 0.29) is 12.5 Å². The molecule has 0 bridgehead atoms. The molecule has 7 nitrogen and oxygen atoms in total. The summed E-state index contributed by atoms with van der Waals surface area (Å²) in [6.07, 6.45) is 8.42. The molecule has 0 saturated carbocycles. The summed E-state index contributed by atoms with van der Waals surface area (Å²) in [7, 11) is 0. The predicted molar refractivity (Wildman–Crippen MR) is 109 cm³/mol. The Morgan fingerprint density at radius 1 is 1.11 bits per heavy atom. The molecule has 0 N–H and O–H groups in total. The standard InChI is InChI=1S/C20H22N4O3S/c1-28-17-6-3-16(4-7-17)5-8-19(26)27-15-18(25)23-11-13-24(14-12-23)20-21-9-2-10-22-20/h2-10H,11-15H2,1H3/b8-5+. The summed E-state index contributed by atoms with van der Waals surface area (Å²) in [6, 6.07) is 9.59. The Kier molecular flexibility index (Phi) is 7.02. The van der Waals surface area contributed by atoms with Crippen LogP contribution in [-0.2, 0) is 14.3 Å². The predicted octanol–water partition coefficient (Wildman–Crippen LogP) is 2.10. The average Bonchev–Trinajstić information content (AvgIpc) is 2.77. The summed E-state index contributed by atoms with van der Waals surface area (Å²) < 4.78 is 5.08. The summed E-state index contributed by atoms with van der Waals surface area (Å²) in [5.41, 5.74) is 0.903. The number of hydrogen-bond donors (Lipinski definition) is 0. The zero-order valence-electron chi connectivity index (χ0n) is 15.7. The van der Waals surface area contributed by atoms with Crippen molar-refractivity contribution in [2.24, 2.45) is 0 Å². The zero-order valence-corrected chi connectivity index (χ0v) is 16.5. The summed E-state index contributed by atoms with van der Waals surface area (Å²) in [5, 5.41) is 0. The minimum Gasteiger partial charge on any atom is -0.452 e. The summed E-state index contributed by atoms with van der Waals surface area (Å²) >= 11 is 1.66. The molecule has 0 unspecified atom stereocenters. The minimum absolute atomic E-state index is 0.195. The SMILES string of the molecule is CSc1ccc(/C=C/C(=O)OCC(=O)N2CCN(c3ncccn3)CC2)cc1. The van der Waals surface area contributed by atoms with Gasteiger partial charge < -0.3 is 14.5 Å². The number of amides is 1. The molecule has 1 aliphatic heterocycles. The quantitative estimate of drug-likeness (QED) is 0.419. The van der Waals surface area contributed by atoms with Crippen molar-refractivity contribution in [3.63, 3.8) is 0 Å². The number of anilines is 1. The highest BCUT2D eigenvalue weighted by Gasteiger charge is 2.22. The van der Waals surface area contributed by atoms with Gasteiger partial charge in [0.25, 0.3) is 5.91 Å². The van der Waals surface area contributed by atoms with E-state index < -0.39 is 5.97 Å². The molecule has 1 aromatic carbocycles. The normalized spacial score (nSPS) is 14.3. The lowest BCUT2D eigenvalue weighted by molar-refractivity contribution is -0.148. The molecule has 28 heavy (non-hydrogen) atoms. The fourth-order valence-electron chi connectivity index (χ4n) is 2.76. The number of aromatic nitrogens is 2. The smallest absolute Gasteiger partial charge is 0.331 e. The van der Waals surface area contributed by atoms with Gasteiger partial charge in [0.05, 0.1) is 0 Å². The van der Waals surface area contributed by atoms with Gasteiger partial charge in [-0.05, 0) is 36.1 Å². The van der Waals surface area contributed by atoms with Crippen molar-refractivity contribution in [2.75, 3.05) is 43.9 Å². The largest absolute Gasteiger partial charge is 0.452 e. The number of ether oxygens (including phenoxy) is 1. The van der Waals surface area contributed by atoms with E-state index in [0.29, 0.717) is 32.1 Å². The van der Waals surface area contributed by atoms with Crippen LogP contribution in [0.15, 0.2) is 53.7 Å². The van der Waals surface area contributed by atoms with Gasteiger partial charge in [0.1, 0.15) is 0 Å². The maximum absolute atomic E-state index is 12.3. The lowest BCUT2D eigenvalue weighted by atomic mass is 10.2. The molecule has 146 valence electrons. The summed E-state index contributed by atoms with van der Waals surface area (Å²) in [5.74, 6) is -0.0601.